The van der Waals surface area contributed by atoms with Gasteiger partial charge in [0.15, 0.2) is 23.9 Å². The van der Waals surface area contributed by atoms with Gasteiger partial charge >= 0.3 is 12.6 Å². The normalized spacial score (nSPS) is 14.0. The molecule has 1 saturated carbocycles. The molecule has 4 aromatic rings. The minimum Gasteiger partial charge on any atom is -0.619 e. The first-order valence-corrected chi connectivity index (χ1v) is 12.9. The number of rotatable bonds is 11. The lowest BCUT2D eigenvalue weighted by Gasteiger charge is -2.21. The molecule has 3 aromatic heterocycles. The molecule has 1 atom stereocenters. The third kappa shape index (κ3) is 6.69. The van der Waals surface area contributed by atoms with Crippen LogP contribution in [0.3, 0.4) is 0 Å². The van der Waals surface area contributed by atoms with Crippen LogP contribution in [0.25, 0.3) is 10.9 Å². The number of nitrogens with zero attached hydrogens (tertiary/aromatic N) is 3. The van der Waals surface area contributed by atoms with Gasteiger partial charge in [0.05, 0.1) is 12.1 Å². The van der Waals surface area contributed by atoms with Crippen LogP contribution in [0.15, 0.2) is 61.3 Å². The van der Waals surface area contributed by atoms with E-state index in [0.29, 0.717) is 28.4 Å². The fraction of sp³-hybridized carbons (Fsp3) is 0.296. The molecule has 5 rings (SSSR count). The molecule has 1 unspecified atom stereocenters. The van der Waals surface area contributed by atoms with Gasteiger partial charge in [-0.15, -0.1) is 0 Å². The van der Waals surface area contributed by atoms with Crippen molar-refractivity contribution in [2.24, 2.45) is 5.92 Å². The van der Waals surface area contributed by atoms with Gasteiger partial charge in [0.25, 0.3) is 0 Å². The Hall–Kier alpha value is -3.63. The summed E-state index contributed by atoms with van der Waals surface area (Å²) in [5.41, 5.74) is 1.63. The molecule has 0 radical (unpaired) electrons. The number of aromatic nitrogens is 3. The molecule has 0 aliphatic heterocycles. The topological polar surface area (TPSA) is 89.5 Å². The van der Waals surface area contributed by atoms with Crippen molar-refractivity contribution in [1.29, 1.82) is 0 Å². The van der Waals surface area contributed by atoms with E-state index in [-0.39, 0.29) is 34.5 Å². The van der Waals surface area contributed by atoms with Gasteiger partial charge in [0, 0.05) is 36.0 Å². The maximum Gasteiger partial charge on any atom is 0.387 e. The molecule has 0 N–H and O–H groups in total. The average molecular weight is 578 g/mol. The first kappa shape index (κ1) is 27.0. The van der Waals surface area contributed by atoms with Gasteiger partial charge in [-0.3, -0.25) is 9.78 Å². The summed E-state index contributed by atoms with van der Waals surface area (Å²) in [5, 5.41) is 12.8. The molecule has 0 saturated heterocycles. The van der Waals surface area contributed by atoms with Crippen molar-refractivity contribution in [3.63, 3.8) is 0 Å². The van der Waals surface area contributed by atoms with Gasteiger partial charge in [0.2, 0.25) is 0 Å². The summed E-state index contributed by atoms with van der Waals surface area (Å²) in [4.78, 5) is 17.2. The number of alkyl halides is 2. The maximum absolute atomic E-state index is 13.1. The van der Waals surface area contributed by atoms with Crippen molar-refractivity contribution in [2.45, 2.75) is 38.5 Å². The van der Waals surface area contributed by atoms with E-state index in [1.165, 1.54) is 18.2 Å². The van der Waals surface area contributed by atoms with Crippen molar-refractivity contribution >= 4 is 40.1 Å². The van der Waals surface area contributed by atoms with E-state index in [4.69, 9.17) is 32.7 Å². The maximum atomic E-state index is 13.1. The number of carbonyl (C=O) groups is 1. The zero-order valence-corrected chi connectivity index (χ0v) is 21.9. The highest BCUT2D eigenvalue weighted by atomic mass is 35.5. The number of halogens is 4. The van der Waals surface area contributed by atoms with Crippen LogP contribution in [0.1, 0.15) is 30.1 Å². The lowest BCUT2D eigenvalue weighted by molar-refractivity contribution is -0.605. The van der Waals surface area contributed by atoms with Gasteiger partial charge < -0.3 is 24.0 Å². The minimum absolute atomic E-state index is 0.0116. The number of ether oxygens (including phenoxy) is 3. The molecule has 3 heterocycles. The molecule has 39 heavy (non-hydrogen) atoms. The molecule has 1 fully saturated rings. The van der Waals surface area contributed by atoms with E-state index in [2.05, 4.69) is 9.72 Å². The van der Waals surface area contributed by atoms with Crippen molar-refractivity contribution in [2.75, 3.05) is 6.61 Å². The Bertz CT molecular complexity index is 1470. The average Bonchev–Trinajstić information content (AvgIpc) is 3.64. The summed E-state index contributed by atoms with van der Waals surface area (Å²) in [6.45, 7) is -2.79. The van der Waals surface area contributed by atoms with Gasteiger partial charge in [-0.25, -0.2) is 0 Å². The highest BCUT2D eigenvalue weighted by molar-refractivity contribution is 6.35. The van der Waals surface area contributed by atoms with Crippen LogP contribution in [0.4, 0.5) is 8.78 Å². The molecule has 12 heteroatoms. The van der Waals surface area contributed by atoms with Crippen LogP contribution in [0.2, 0.25) is 10.0 Å². The van der Waals surface area contributed by atoms with Gasteiger partial charge in [0.1, 0.15) is 22.7 Å². The van der Waals surface area contributed by atoms with Crippen LogP contribution in [-0.4, -0.2) is 28.7 Å². The van der Waals surface area contributed by atoms with Crippen LogP contribution in [-0.2, 0) is 22.5 Å². The smallest absolute Gasteiger partial charge is 0.387 e. The minimum atomic E-state index is -3.04. The molecular weight excluding hydrogens is 555 g/mol. The fourth-order valence-corrected chi connectivity index (χ4v) is 4.77. The third-order valence-electron chi connectivity index (χ3n) is 6.32. The highest BCUT2D eigenvalue weighted by Crippen LogP contribution is 2.38. The Balaban J connectivity index is 1.45. The SMILES string of the molecule is O=C(Cn1ccc2cnccc21)OC(Cc1c(Cl)c[n+]([O-])cc1Cl)c1ccc(OC(F)F)c(OCC2CC2)c1. The number of esters is 1. The molecule has 0 spiro atoms. The summed E-state index contributed by atoms with van der Waals surface area (Å²) < 4.78 is 44.6. The van der Waals surface area contributed by atoms with Crippen molar-refractivity contribution in [1.82, 2.24) is 9.55 Å². The van der Waals surface area contributed by atoms with E-state index >= 15 is 0 Å². The number of hydrogen-bond donors (Lipinski definition) is 0. The Morgan fingerprint density at radius 1 is 1.15 bits per heavy atom. The summed E-state index contributed by atoms with van der Waals surface area (Å²) in [6.07, 6.45) is 8.42. The first-order chi connectivity index (χ1) is 18.8. The Morgan fingerprint density at radius 2 is 1.92 bits per heavy atom. The number of fused-ring (bicyclic) bond motifs is 1. The monoisotopic (exact) mass is 577 g/mol. The highest BCUT2D eigenvalue weighted by Gasteiger charge is 2.26. The van der Waals surface area contributed by atoms with Gasteiger partial charge in [-0.1, -0.05) is 29.3 Å². The molecular formula is C27H23Cl2F2N3O5. The quantitative estimate of drug-likeness (QED) is 0.125. The number of hydrogen-bond acceptors (Lipinski definition) is 6. The molecule has 1 aromatic carbocycles. The zero-order chi connectivity index (χ0) is 27.5. The van der Waals surface area contributed by atoms with Crippen LogP contribution in [0.5, 0.6) is 11.5 Å². The van der Waals surface area contributed by atoms with E-state index in [0.717, 1.165) is 36.1 Å². The second kappa shape index (κ2) is 11.6. The standard InChI is InChI=1S/C27H23Cl2F2N3O5/c28-20-12-34(36)13-21(29)19(20)10-24(38-26(35)14-33-8-6-18-11-32-7-5-22(18)33)17-3-4-23(39-27(30)31)25(9-17)37-15-16-1-2-16/h3-9,11-13,16,24,27H,1-2,10,14-15H2. The second-order valence-corrected chi connectivity index (χ2v) is 10.0. The molecule has 8 nitrogen and oxygen atoms in total. The zero-order valence-electron chi connectivity index (χ0n) is 20.4. The molecule has 0 bridgehead atoms. The van der Waals surface area contributed by atoms with E-state index in [1.54, 1.807) is 29.2 Å². The van der Waals surface area contributed by atoms with E-state index in [1.807, 2.05) is 6.07 Å². The van der Waals surface area contributed by atoms with Crippen LogP contribution in [0, 0.1) is 11.1 Å². The summed E-state index contributed by atoms with van der Waals surface area (Å²) in [6, 6.07) is 7.98. The number of pyridine rings is 2. The van der Waals surface area contributed by atoms with E-state index in [9.17, 15) is 18.8 Å². The number of carbonyl (C=O) groups excluding carboxylic acids is 1. The van der Waals surface area contributed by atoms with Crippen molar-refractivity contribution in [3.05, 3.63) is 87.7 Å². The second-order valence-electron chi connectivity index (χ2n) is 9.19. The Labute approximate surface area is 232 Å². The van der Waals surface area contributed by atoms with Crippen molar-refractivity contribution < 1.29 is 32.5 Å². The summed E-state index contributed by atoms with van der Waals surface area (Å²) in [5.74, 6) is -0.235. The molecule has 1 aliphatic rings. The van der Waals surface area contributed by atoms with Crippen LogP contribution < -0.4 is 14.2 Å². The molecule has 0 amide bonds. The molecule has 1 aliphatic carbocycles. The molecule has 204 valence electrons. The fourth-order valence-electron chi connectivity index (χ4n) is 4.17. The third-order valence-corrected chi connectivity index (χ3v) is 6.97. The van der Waals surface area contributed by atoms with Gasteiger partial charge in [-0.05, 0) is 48.6 Å². The Kier molecular flexibility index (Phi) is 8.04. The van der Waals surface area contributed by atoms with E-state index < -0.39 is 18.7 Å². The van der Waals surface area contributed by atoms with Gasteiger partial charge in [-0.2, -0.15) is 13.5 Å². The summed E-state index contributed by atoms with van der Waals surface area (Å²) in [7, 11) is 0. The predicted octanol–water partition coefficient (Wildman–Crippen LogP) is 5.89. The lowest BCUT2D eigenvalue weighted by Crippen LogP contribution is -2.26. The predicted molar refractivity (Wildman–Crippen MR) is 139 cm³/mol. The van der Waals surface area contributed by atoms with Crippen molar-refractivity contribution in [3.8, 4) is 11.5 Å². The largest absolute Gasteiger partial charge is 0.619 e. The Morgan fingerprint density at radius 3 is 2.64 bits per heavy atom. The van der Waals surface area contributed by atoms with Crippen LogP contribution >= 0.6 is 23.2 Å². The lowest BCUT2D eigenvalue weighted by atomic mass is 10.0. The number of benzene rings is 1. The first-order valence-electron chi connectivity index (χ1n) is 12.1. The summed E-state index contributed by atoms with van der Waals surface area (Å²) >= 11 is 12.6.